The number of rotatable bonds is 8. The molecule has 2 aromatic rings. The van der Waals surface area contributed by atoms with E-state index in [0.29, 0.717) is 24.6 Å². The molecular weight excluding hydrogens is 388 g/mol. The molecule has 1 aliphatic heterocycles. The SMILES string of the molecule is COc1ccc(OC)c(S(=O)(=O)N2CCC[C@@H](N(C)CCc3ccccc3)C2)c1. The highest BCUT2D eigenvalue weighted by Gasteiger charge is 2.33. The number of nitrogens with zero attached hydrogens (tertiary/aromatic N) is 2. The van der Waals surface area contributed by atoms with Gasteiger partial charge < -0.3 is 14.4 Å². The Balaban J connectivity index is 1.72. The summed E-state index contributed by atoms with van der Waals surface area (Å²) < 4.78 is 38.8. The molecule has 1 saturated heterocycles. The maximum Gasteiger partial charge on any atom is 0.246 e. The third kappa shape index (κ3) is 5.10. The molecule has 6 nitrogen and oxygen atoms in total. The summed E-state index contributed by atoms with van der Waals surface area (Å²) in [4.78, 5) is 2.43. The number of piperidine rings is 1. The maximum atomic E-state index is 13.4. The molecule has 3 rings (SSSR count). The van der Waals surface area contributed by atoms with Gasteiger partial charge in [0.1, 0.15) is 16.4 Å². The topological polar surface area (TPSA) is 59.1 Å². The van der Waals surface area contributed by atoms with Crippen LogP contribution in [-0.4, -0.2) is 64.6 Å². The zero-order valence-corrected chi connectivity index (χ0v) is 18.2. The van der Waals surface area contributed by atoms with E-state index in [1.165, 1.54) is 25.8 Å². The average molecular weight is 419 g/mol. The molecule has 0 N–H and O–H groups in total. The molecule has 1 aliphatic rings. The molecule has 0 saturated carbocycles. The summed E-state index contributed by atoms with van der Waals surface area (Å²) >= 11 is 0. The van der Waals surface area contributed by atoms with Crippen LogP contribution in [0.4, 0.5) is 0 Å². The van der Waals surface area contributed by atoms with Crippen molar-refractivity contribution in [1.82, 2.24) is 9.21 Å². The van der Waals surface area contributed by atoms with Crippen LogP contribution in [0.3, 0.4) is 0 Å². The molecule has 2 aromatic carbocycles. The van der Waals surface area contributed by atoms with E-state index in [2.05, 4.69) is 24.1 Å². The van der Waals surface area contributed by atoms with E-state index in [4.69, 9.17) is 9.47 Å². The van der Waals surface area contributed by atoms with E-state index < -0.39 is 10.0 Å². The van der Waals surface area contributed by atoms with E-state index in [1.54, 1.807) is 16.4 Å². The van der Waals surface area contributed by atoms with Crippen LogP contribution in [0.1, 0.15) is 18.4 Å². The third-order valence-corrected chi connectivity index (χ3v) is 7.45. The predicted octanol–water partition coefficient (Wildman–Crippen LogP) is 3.03. The third-order valence-electron chi connectivity index (χ3n) is 5.57. The van der Waals surface area contributed by atoms with Crippen LogP contribution in [-0.2, 0) is 16.4 Å². The summed E-state index contributed by atoms with van der Waals surface area (Å²) in [7, 11) is 1.42. The zero-order valence-electron chi connectivity index (χ0n) is 17.4. The van der Waals surface area contributed by atoms with Gasteiger partial charge in [-0.1, -0.05) is 30.3 Å². The summed E-state index contributed by atoms with van der Waals surface area (Å²) in [6.07, 6.45) is 2.78. The minimum absolute atomic E-state index is 0.159. The van der Waals surface area contributed by atoms with Gasteiger partial charge in [-0.3, -0.25) is 0 Å². The van der Waals surface area contributed by atoms with Crippen molar-refractivity contribution in [2.45, 2.75) is 30.2 Å². The average Bonchev–Trinajstić information content (AvgIpc) is 2.77. The lowest BCUT2D eigenvalue weighted by Crippen LogP contribution is -2.49. The fourth-order valence-electron chi connectivity index (χ4n) is 3.76. The first-order valence-electron chi connectivity index (χ1n) is 9.92. The van der Waals surface area contributed by atoms with Gasteiger partial charge in [0.15, 0.2) is 0 Å². The van der Waals surface area contributed by atoms with Crippen molar-refractivity contribution in [3.05, 3.63) is 54.1 Å². The number of benzene rings is 2. The van der Waals surface area contributed by atoms with Crippen molar-refractivity contribution in [3.63, 3.8) is 0 Å². The van der Waals surface area contributed by atoms with E-state index in [-0.39, 0.29) is 10.9 Å². The first-order chi connectivity index (χ1) is 14.0. The second-order valence-corrected chi connectivity index (χ2v) is 9.30. The fourth-order valence-corrected chi connectivity index (χ4v) is 5.44. The Labute approximate surface area is 174 Å². The van der Waals surface area contributed by atoms with Crippen LogP contribution in [0.5, 0.6) is 11.5 Å². The Bertz CT molecular complexity index is 902. The number of hydrogen-bond acceptors (Lipinski definition) is 5. The van der Waals surface area contributed by atoms with Crippen molar-refractivity contribution in [1.29, 1.82) is 0 Å². The van der Waals surface area contributed by atoms with Crippen LogP contribution < -0.4 is 9.47 Å². The highest BCUT2D eigenvalue weighted by Crippen LogP contribution is 2.32. The van der Waals surface area contributed by atoms with Crippen molar-refractivity contribution in [3.8, 4) is 11.5 Å². The van der Waals surface area contributed by atoms with Crippen LogP contribution >= 0.6 is 0 Å². The summed E-state index contributed by atoms with van der Waals surface area (Å²) in [5.41, 5.74) is 1.29. The molecular formula is C22H30N2O4S. The van der Waals surface area contributed by atoms with Gasteiger partial charge in [0, 0.05) is 31.7 Å². The van der Waals surface area contributed by atoms with Crippen molar-refractivity contribution in [2.75, 3.05) is 40.9 Å². The fraction of sp³-hybridized carbons (Fsp3) is 0.455. The summed E-state index contributed by atoms with van der Waals surface area (Å²) in [6.45, 7) is 1.89. The number of hydrogen-bond donors (Lipinski definition) is 0. The molecule has 1 atom stereocenters. The summed E-state index contributed by atoms with van der Waals surface area (Å²) in [6, 6.07) is 15.4. The minimum Gasteiger partial charge on any atom is -0.497 e. The Morgan fingerprint density at radius 1 is 1.10 bits per heavy atom. The monoisotopic (exact) mass is 418 g/mol. The van der Waals surface area contributed by atoms with Crippen molar-refractivity contribution < 1.29 is 17.9 Å². The first kappa shape index (κ1) is 21.6. The Morgan fingerprint density at radius 2 is 1.86 bits per heavy atom. The van der Waals surface area contributed by atoms with Gasteiger partial charge >= 0.3 is 0 Å². The van der Waals surface area contributed by atoms with Crippen LogP contribution in [0.2, 0.25) is 0 Å². The molecule has 29 heavy (non-hydrogen) atoms. The number of ether oxygens (including phenoxy) is 2. The lowest BCUT2D eigenvalue weighted by molar-refractivity contribution is 0.164. The second kappa shape index (κ2) is 9.61. The molecule has 0 aromatic heterocycles. The van der Waals surface area contributed by atoms with Gasteiger partial charge in [0.25, 0.3) is 0 Å². The zero-order chi connectivity index (χ0) is 20.9. The molecule has 0 aliphatic carbocycles. The Hall–Kier alpha value is -2.09. The van der Waals surface area contributed by atoms with Gasteiger partial charge in [-0.2, -0.15) is 4.31 Å². The quantitative estimate of drug-likeness (QED) is 0.660. The van der Waals surface area contributed by atoms with Gasteiger partial charge in [0.05, 0.1) is 14.2 Å². The van der Waals surface area contributed by atoms with E-state index in [1.807, 2.05) is 18.2 Å². The van der Waals surface area contributed by atoms with Gasteiger partial charge in [-0.05, 0) is 44.0 Å². The molecule has 7 heteroatoms. The maximum absolute atomic E-state index is 13.4. The molecule has 0 spiro atoms. The molecule has 0 radical (unpaired) electrons. The summed E-state index contributed by atoms with van der Waals surface area (Å²) in [5, 5.41) is 0. The lowest BCUT2D eigenvalue weighted by atomic mass is 10.1. The largest absolute Gasteiger partial charge is 0.497 e. The summed E-state index contributed by atoms with van der Waals surface area (Å²) in [5.74, 6) is 0.836. The van der Waals surface area contributed by atoms with Gasteiger partial charge in [0.2, 0.25) is 10.0 Å². The number of likely N-dealkylation sites (N-methyl/N-ethyl adjacent to an activating group) is 1. The number of methoxy groups -OCH3 is 2. The van der Waals surface area contributed by atoms with E-state index in [9.17, 15) is 8.42 Å². The van der Waals surface area contributed by atoms with E-state index in [0.717, 1.165) is 25.8 Å². The van der Waals surface area contributed by atoms with Crippen LogP contribution in [0, 0.1) is 0 Å². The second-order valence-electron chi connectivity index (χ2n) is 7.39. The molecule has 0 bridgehead atoms. The number of sulfonamides is 1. The molecule has 0 amide bonds. The van der Waals surface area contributed by atoms with Crippen LogP contribution in [0.25, 0.3) is 0 Å². The lowest BCUT2D eigenvalue weighted by Gasteiger charge is -2.37. The minimum atomic E-state index is -3.67. The van der Waals surface area contributed by atoms with Crippen LogP contribution in [0.15, 0.2) is 53.4 Å². The molecule has 0 unspecified atom stereocenters. The highest BCUT2D eigenvalue weighted by molar-refractivity contribution is 7.89. The van der Waals surface area contributed by atoms with Gasteiger partial charge in [-0.25, -0.2) is 8.42 Å². The highest BCUT2D eigenvalue weighted by atomic mass is 32.2. The standard InChI is InChI=1S/C22H30N2O4S/c1-23(15-13-18-8-5-4-6-9-18)19-10-7-14-24(17-19)29(25,26)22-16-20(27-2)11-12-21(22)28-3/h4-6,8-9,11-12,16,19H,7,10,13-15,17H2,1-3H3/t19-/m1/s1. The molecule has 158 valence electrons. The van der Waals surface area contributed by atoms with Crippen molar-refractivity contribution >= 4 is 10.0 Å². The Kier molecular flexibility index (Phi) is 7.16. The van der Waals surface area contributed by atoms with Gasteiger partial charge in [-0.15, -0.1) is 0 Å². The first-order valence-corrected chi connectivity index (χ1v) is 11.4. The molecule has 1 fully saturated rings. The molecule has 1 heterocycles. The van der Waals surface area contributed by atoms with Crippen molar-refractivity contribution in [2.24, 2.45) is 0 Å². The Morgan fingerprint density at radius 3 is 2.55 bits per heavy atom. The van der Waals surface area contributed by atoms with E-state index >= 15 is 0 Å². The predicted molar refractivity (Wildman–Crippen MR) is 114 cm³/mol. The smallest absolute Gasteiger partial charge is 0.246 e. The normalized spacial score (nSPS) is 18.0.